The molecule has 3 rings (SSSR count). The fourth-order valence-electron chi connectivity index (χ4n) is 2.98. The molecule has 1 N–H and O–H groups in total. The minimum atomic E-state index is -0.0641. The molecule has 1 aliphatic rings. The Hall–Kier alpha value is -2.37. The zero-order valence-corrected chi connectivity index (χ0v) is 15.5. The van der Waals surface area contributed by atoms with Crippen molar-refractivity contribution in [3.63, 3.8) is 0 Å². The van der Waals surface area contributed by atoms with Gasteiger partial charge in [-0.1, -0.05) is 27.7 Å². The monoisotopic (exact) mass is 341 g/mol. The summed E-state index contributed by atoms with van der Waals surface area (Å²) in [7, 11) is 0. The molecule has 134 valence electrons. The average molecular weight is 341 g/mol. The Morgan fingerprint density at radius 2 is 1.64 bits per heavy atom. The first-order valence-corrected chi connectivity index (χ1v) is 9.01. The number of piperazine rings is 1. The Bertz CT molecular complexity index is 729. The van der Waals surface area contributed by atoms with Crippen LogP contribution < -0.4 is 15.4 Å². The topological polar surface area (TPSA) is 65.1 Å². The molecule has 2 aromatic heterocycles. The third-order valence-electron chi connectivity index (χ3n) is 4.59. The molecule has 1 fully saturated rings. The number of pyridine rings is 1. The molecule has 0 radical (unpaired) electrons. The summed E-state index contributed by atoms with van der Waals surface area (Å²) in [5, 5.41) is 0. The van der Waals surface area contributed by atoms with Crippen LogP contribution in [-0.4, -0.2) is 41.1 Å². The maximum atomic E-state index is 11.2. The highest BCUT2D eigenvalue weighted by Gasteiger charge is 2.20. The van der Waals surface area contributed by atoms with E-state index in [0.717, 1.165) is 49.2 Å². The molecular formula is C19H27N5O. The van der Waals surface area contributed by atoms with Gasteiger partial charge >= 0.3 is 0 Å². The summed E-state index contributed by atoms with van der Waals surface area (Å²) in [4.78, 5) is 28.1. The van der Waals surface area contributed by atoms with Crippen LogP contribution in [0, 0.1) is 0 Å². The highest BCUT2D eigenvalue weighted by Crippen LogP contribution is 2.23. The molecule has 0 aromatic carbocycles. The highest BCUT2D eigenvalue weighted by molar-refractivity contribution is 5.48. The highest BCUT2D eigenvalue weighted by atomic mass is 16.1. The third kappa shape index (κ3) is 4.00. The zero-order valence-electron chi connectivity index (χ0n) is 15.5. The van der Waals surface area contributed by atoms with Crippen molar-refractivity contribution < 1.29 is 0 Å². The van der Waals surface area contributed by atoms with Gasteiger partial charge in [0, 0.05) is 56.1 Å². The molecular weight excluding hydrogens is 314 g/mol. The SMILES string of the molecule is CC(C)c1cc(N2CCN(c3ccc(=O)[nH]c3)CC2)nc(C(C)C)n1. The lowest BCUT2D eigenvalue weighted by Gasteiger charge is -2.37. The molecule has 0 amide bonds. The molecule has 0 atom stereocenters. The summed E-state index contributed by atoms with van der Waals surface area (Å²) in [6.07, 6.45) is 1.79. The number of nitrogens with zero attached hydrogens (tertiary/aromatic N) is 4. The van der Waals surface area contributed by atoms with Gasteiger partial charge in [-0.05, 0) is 12.0 Å². The van der Waals surface area contributed by atoms with Gasteiger partial charge in [0.25, 0.3) is 0 Å². The number of nitrogens with one attached hydrogen (secondary N) is 1. The first kappa shape index (κ1) is 17.5. The van der Waals surface area contributed by atoms with Crippen LogP contribution in [0.5, 0.6) is 0 Å². The van der Waals surface area contributed by atoms with Crippen molar-refractivity contribution in [2.75, 3.05) is 36.0 Å². The summed E-state index contributed by atoms with van der Waals surface area (Å²) in [5.74, 6) is 2.66. The lowest BCUT2D eigenvalue weighted by molar-refractivity contribution is 0.637. The van der Waals surface area contributed by atoms with E-state index in [4.69, 9.17) is 9.97 Å². The van der Waals surface area contributed by atoms with Crippen molar-refractivity contribution in [1.82, 2.24) is 15.0 Å². The maximum absolute atomic E-state index is 11.2. The van der Waals surface area contributed by atoms with Crippen LogP contribution >= 0.6 is 0 Å². The summed E-state index contributed by atoms with van der Waals surface area (Å²) in [5.41, 5.74) is 2.11. The van der Waals surface area contributed by atoms with Gasteiger partial charge in [-0.2, -0.15) is 0 Å². The first-order valence-electron chi connectivity index (χ1n) is 9.01. The lowest BCUT2D eigenvalue weighted by Crippen LogP contribution is -2.47. The van der Waals surface area contributed by atoms with Gasteiger partial charge in [0.1, 0.15) is 11.6 Å². The van der Waals surface area contributed by atoms with Crippen molar-refractivity contribution in [3.8, 4) is 0 Å². The lowest BCUT2D eigenvalue weighted by atomic mass is 10.1. The van der Waals surface area contributed by atoms with Crippen LogP contribution in [0.4, 0.5) is 11.5 Å². The van der Waals surface area contributed by atoms with Gasteiger partial charge in [-0.25, -0.2) is 9.97 Å². The zero-order chi connectivity index (χ0) is 18.0. The molecule has 0 saturated carbocycles. The van der Waals surface area contributed by atoms with Gasteiger partial charge in [0.15, 0.2) is 0 Å². The minimum Gasteiger partial charge on any atom is -0.367 e. The summed E-state index contributed by atoms with van der Waals surface area (Å²) in [6, 6.07) is 5.59. The number of hydrogen-bond donors (Lipinski definition) is 1. The predicted molar refractivity (Wildman–Crippen MR) is 102 cm³/mol. The number of rotatable bonds is 4. The normalized spacial score (nSPS) is 15.3. The second-order valence-corrected chi connectivity index (χ2v) is 7.20. The molecule has 6 heteroatoms. The molecule has 25 heavy (non-hydrogen) atoms. The standard InChI is InChI=1S/C19H27N5O/c1-13(2)16-11-17(22-19(21-16)14(3)4)24-9-7-23(8-10-24)15-5-6-18(25)20-12-15/h5-6,11-14H,7-10H2,1-4H3,(H,20,25). The smallest absolute Gasteiger partial charge is 0.248 e. The van der Waals surface area contributed by atoms with E-state index in [2.05, 4.69) is 48.5 Å². The van der Waals surface area contributed by atoms with Gasteiger partial charge in [0.05, 0.1) is 5.69 Å². The Morgan fingerprint density at radius 3 is 2.20 bits per heavy atom. The quantitative estimate of drug-likeness (QED) is 0.926. The van der Waals surface area contributed by atoms with E-state index in [1.807, 2.05) is 6.07 Å². The van der Waals surface area contributed by atoms with Gasteiger partial charge < -0.3 is 14.8 Å². The number of aromatic amines is 1. The number of hydrogen-bond acceptors (Lipinski definition) is 5. The molecule has 0 aliphatic carbocycles. The third-order valence-corrected chi connectivity index (χ3v) is 4.59. The fourth-order valence-corrected chi connectivity index (χ4v) is 2.98. The molecule has 1 saturated heterocycles. The number of anilines is 2. The molecule has 1 aliphatic heterocycles. The van der Waals surface area contributed by atoms with Crippen molar-refractivity contribution in [2.24, 2.45) is 0 Å². The maximum Gasteiger partial charge on any atom is 0.248 e. The van der Waals surface area contributed by atoms with Crippen LogP contribution in [0.2, 0.25) is 0 Å². The van der Waals surface area contributed by atoms with Crippen LogP contribution in [0.1, 0.15) is 51.0 Å². The van der Waals surface area contributed by atoms with Gasteiger partial charge in [0.2, 0.25) is 5.56 Å². The van der Waals surface area contributed by atoms with E-state index in [9.17, 15) is 4.79 Å². The Labute approximate surface area is 148 Å². The second kappa shape index (κ2) is 7.25. The van der Waals surface area contributed by atoms with E-state index in [1.54, 1.807) is 12.3 Å². The largest absolute Gasteiger partial charge is 0.367 e. The van der Waals surface area contributed by atoms with Gasteiger partial charge in [-0.15, -0.1) is 0 Å². The molecule has 6 nitrogen and oxygen atoms in total. The molecule has 0 bridgehead atoms. The van der Waals surface area contributed by atoms with Gasteiger partial charge in [-0.3, -0.25) is 4.79 Å². The fraction of sp³-hybridized carbons (Fsp3) is 0.526. The predicted octanol–water partition coefficient (Wildman–Crippen LogP) is 2.74. The van der Waals surface area contributed by atoms with Crippen molar-refractivity contribution in [1.29, 1.82) is 0 Å². The number of H-pyrrole nitrogens is 1. The number of aromatic nitrogens is 3. The van der Waals surface area contributed by atoms with E-state index in [-0.39, 0.29) is 5.56 Å². The van der Waals surface area contributed by atoms with Crippen LogP contribution in [0.3, 0.4) is 0 Å². The Balaban J connectivity index is 1.76. The summed E-state index contributed by atoms with van der Waals surface area (Å²) in [6.45, 7) is 12.2. The van der Waals surface area contributed by atoms with E-state index in [0.29, 0.717) is 11.8 Å². The second-order valence-electron chi connectivity index (χ2n) is 7.20. The van der Waals surface area contributed by atoms with Crippen LogP contribution in [0.15, 0.2) is 29.2 Å². The van der Waals surface area contributed by atoms with Crippen LogP contribution in [0.25, 0.3) is 0 Å². The van der Waals surface area contributed by atoms with E-state index in [1.165, 1.54) is 0 Å². The van der Waals surface area contributed by atoms with E-state index >= 15 is 0 Å². The average Bonchev–Trinajstić information content (AvgIpc) is 2.62. The van der Waals surface area contributed by atoms with Crippen molar-refractivity contribution in [3.05, 3.63) is 46.3 Å². The van der Waals surface area contributed by atoms with Crippen LogP contribution in [-0.2, 0) is 0 Å². The Morgan fingerprint density at radius 1 is 0.960 bits per heavy atom. The van der Waals surface area contributed by atoms with Crippen molar-refractivity contribution >= 4 is 11.5 Å². The molecule has 3 heterocycles. The first-order chi connectivity index (χ1) is 11.9. The van der Waals surface area contributed by atoms with Crippen molar-refractivity contribution in [2.45, 2.75) is 39.5 Å². The molecule has 2 aromatic rings. The summed E-state index contributed by atoms with van der Waals surface area (Å²) >= 11 is 0. The molecule has 0 spiro atoms. The Kier molecular flexibility index (Phi) is 5.06. The summed E-state index contributed by atoms with van der Waals surface area (Å²) < 4.78 is 0. The molecule has 0 unspecified atom stereocenters. The minimum absolute atomic E-state index is 0.0641. The van der Waals surface area contributed by atoms with E-state index < -0.39 is 0 Å².